The largest absolute Gasteiger partial charge is 0.397 e. The quantitative estimate of drug-likeness (QED) is 0.877. The van der Waals surface area contributed by atoms with Gasteiger partial charge in [0.25, 0.3) is 0 Å². The first kappa shape index (κ1) is 14.3. The number of aromatic nitrogens is 4. The third-order valence-electron chi connectivity index (χ3n) is 4.46. The minimum atomic E-state index is 0.354. The Morgan fingerprint density at radius 1 is 1.38 bits per heavy atom. The van der Waals surface area contributed by atoms with Crippen molar-refractivity contribution in [1.82, 2.24) is 20.2 Å². The monoisotopic (exact) mass is 305 g/mol. The molecule has 0 saturated heterocycles. The molecule has 1 aliphatic rings. The lowest BCUT2D eigenvalue weighted by Gasteiger charge is -2.28. The average Bonchev–Trinajstić information content (AvgIpc) is 2.99. The Balaban J connectivity index is 1.95. The van der Waals surface area contributed by atoms with E-state index in [4.69, 9.17) is 17.3 Å². The van der Waals surface area contributed by atoms with Gasteiger partial charge >= 0.3 is 0 Å². The van der Waals surface area contributed by atoms with Crippen molar-refractivity contribution in [2.24, 2.45) is 5.92 Å². The maximum Gasteiger partial charge on any atom is 0.184 e. The molecule has 0 spiro atoms. The maximum absolute atomic E-state index is 6.11. The van der Waals surface area contributed by atoms with Gasteiger partial charge in [0.05, 0.1) is 16.8 Å². The van der Waals surface area contributed by atoms with Crippen LogP contribution < -0.4 is 5.73 Å². The van der Waals surface area contributed by atoms with E-state index in [2.05, 4.69) is 22.4 Å². The Morgan fingerprint density at radius 3 is 3.05 bits per heavy atom. The van der Waals surface area contributed by atoms with Crippen molar-refractivity contribution in [1.29, 1.82) is 0 Å². The van der Waals surface area contributed by atoms with Crippen LogP contribution in [-0.2, 0) is 0 Å². The van der Waals surface area contributed by atoms with Crippen LogP contribution in [0.4, 0.5) is 5.69 Å². The van der Waals surface area contributed by atoms with Crippen LogP contribution >= 0.6 is 11.6 Å². The maximum atomic E-state index is 6.11. The van der Waals surface area contributed by atoms with Crippen LogP contribution in [0.1, 0.15) is 45.1 Å². The van der Waals surface area contributed by atoms with E-state index in [1.165, 1.54) is 19.3 Å². The van der Waals surface area contributed by atoms with Crippen molar-refractivity contribution in [3.05, 3.63) is 23.2 Å². The highest BCUT2D eigenvalue weighted by molar-refractivity contribution is 6.33. The molecule has 0 aliphatic heterocycles. The van der Waals surface area contributed by atoms with E-state index in [9.17, 15) is 0 Å². The Kier molecular flexibility index (Phi) is 4.10. The van der Waals surface area contributed by atoms with E-state index in [1.807, 2.05) is 16.8 Å². The number of anilines is 1. The number of hydrogen-bond acceptors (Lipinski definition) is 4. The summed E-state index contributed by atoms with van der Waals surface area (Å²) in [7, 11) is 0. The molecule has 1 saturated carbocycles. The fourth-order valence-electron chi connectivity index (χ4n) is 3.20. The van der Waals surface area contributed by atoms with Crippen LogP contribution in [0, 0.1) is 5.92 Å². The van der Waals surface area contributed by atoms with E-state index in [1.54, 1.807) is 6.07 Å². The fourth-order valence-corrected chi connectivity index (χ4v) is 3.38. The molecule has 5 nitrogen and oxygen atoms in total. The van der Waals surface area contributed by atoms with E-state index in [0.29, 0.717) is 16.8 Å². The number of halogens is 1. The zero-order chi connectivity index (χ0) is 14.8. The molecule has 1 aromatic heterocycles. The van der Waals surface area contributed by atoms with Crippen molar-refractivity contribution in [3.8, 4) is 11.4 Å². The minimum Gasteiger partial charge on any atom is -0.397 e. The van der Waals surface area contributed by atoms with Gasteiger partial charge in [-0.1, -0.05) is 43.9 Å². The van der Waals surface area contributed by atoms with Crippen molar-refractivity contribution >= 4 is 17.3 Å². The topological polar surface area (TPSA) is 69.6 Å². The standard InChI is InChI=1S/C15H20ClN5/c1-2-10-5-3-6-11(9-10)21-15(18-19-20-21)12-7-4-8-13(16)14(12)17/h4,7-8,10-11H,2-3,5-6,9,17H2,1H3. The second kappa shape index (κ2) is 6.02. The first-order chi connectivity index (χ1) is 10.2. The first-order valence-electron chi connectivity index (χ1n) is 7.53. The Hall–Kier alpha value is -1.62. The van der Waals surface area contributed by atoms with E-state index < -0.39 is 0 Å². The zero-order valence-corrected chi connectivity index (χ0v) is 12.9. The molecule has 2 unspecified atom stereocenters. The molecule has 2 aromatic rings. The molecule has 0 amide bonds. The van der Waals surface area contributed by atoms with E-state index in [-0.39, 0.29) is 0 Å². The predicted octanol–water partition coefficient (Wildman–Crippen LogP) is 3.72. The van der Waals surface area contributed by atoms with Gasteiger partial charge in [-0.05, 0) is 41.3 Å². The van der Waals surface area contributed by atoms with Crippen molar-refractivity contribution in [2.75, 3.05) is 5.73 Å². The molecule has 2 atom stereocenters. The first-order valence-corrected chi connectivity index (χ1v) is 7.90. The smallest absolute Gasteiger partial charge is 0.184 e. The van der Waals surface area contributed by atoms with Gasteiger partial charge in [0.1, 0.15) is 0 Å². The number of nitrogen functional groups attached to an aromatic ring is 1. The number of rotatable bonds is 3. The summed E-state index contributed by atoms with van der Waals surface area (Å²) in [6.45, 7) is 2.25. The van der Waals surface area contributed by atoms with E-state index in [0.717, 1.165) is 30.1 Å². The lowest BCUT2D eigenvalue weighted by atomic mass is 9.84. The van der Waals surface area contributed by atoms with Crippen LogP contribution in [0.2, 0.25) is 5.02 Å². The van der Waals surface area contributed by atoms with Crippen LogP contribution in [0.3, 0.4) is 0 Å². The summed E-state index contributed by atoms with van der Waals surface area (Å²) in [6.07, 6.45) is 6.01. The van der Waals surface area contributed by atoms with Crippen LogP contribution in [-0.4, -0.2) is 20.2 Å². The second-order valence-electron chi connectivity index (χ2n) is 5.74. The van der Waals surface area contributed by atoms with Gasteiger partial charge < -0.3 is 5.73 Å². The van der Waals surface area contributed by atoms with Crippen LogP contribution in [0.15, 0.2) is 18.2 Å². The number of nitrogens with two attached hydrogens (primary N) is 1. The van der Waals surface area contributed by atoms with Gasteiger partial charge in [-0.25, -0.2) is 4.68 Å². The molecule has 21 heavy (non-hydrogen) atoms. The number of hydrogen-bond donors (Lipinski definition) is 1. The molecule has 3 rings (SSSR count). The number of nitrogens with zero attached hydrogens (tertiary/aromatic N) is 4. The van der Waals surface area contributed by atoms with Gasteiger partial charge in [-0.2, -0.15) is 0 Å². The average molecular weight is 306 g/mol. The number of para-hydroxylation sites is 1. The molecule has 1 fully saturated rings. The Morgan fingerprint density at radius 2 is 2.24 bits per heavy atom. The van der Waals surface area contributed by atoms with Gasteiger partial charge in [0.2, 0.25) is 0 Å². The zero-order valence-electron chi connectivity index (χ0n) is 12.2. The molecule has 0 bridgehead atoms. The van der Waals surface area contributed by atoms with Gasteiger partial charge in [-0.15, -0.1) is 5.10 Å². The van der Waals surface area contributed by atoms with Gasteiger partial charge in [0, 0.05) is 5.56 Å². The Bertz CT molecular complexity index is 624. The highest BCUT2D eigenvalue weighted by Crippen LogP contribution is 2.37. The summed E-state index contributed by atoms with van der Waals surface area (Å²) in [6, 6.07) is 5.93. The second-order valence-corrected chi connectivity index (χ2v) is 6.15. The number of tetrazole rings is 1. The molecule has 1 aliphatic carbocycles. The fraction of sp³-hybridized carbons (Fsp3) is 0.533. The molecular formula is C15H20ClN5. The summed E-state index contributed by atoms with van der Waals surface area (Å²) >= 11 is 6.11. The third kappa shape index (κ3) is 2.75. The highest BCUT2D eigenvalue weighted by atomic mass is 35.5. The molecule has 2 N–H and O–H groups in total. The normalized spacial score (nSPS) is 22.4. The van der Waals surface area contributed by atoms with Crippen molar-refractivity contribution < 1.29 is 0 Å². The molecule has 0 radical (unpaired) electrons. The molecule has 1 aromatic carbocycles. The number of benzene rings is 1. The summed E-state index contributed by atoms with van der Waals surface area (Å²) in [5.74, 6) is 1.48. The molecule has 112 valence electrons. The summed E-state index contributed by atoms with van der Waals surface area (Å²) in [5.41, 5.74) is 7.44. The SMILES string of the molecule is CCC1CCCC(n2nnnc2-c2cccc(Cl)c2N)C1. The van der Waals surface area contributed by atoms with Crippen molar-refractivity contribution in [2.45, 2.75) is 45.1 Å². The van der Waals surface area contributed by atoms with Gasteiger partial charge in [0.15, 0.2) is 5.82 Å². The molecule has 1 heterocycles. The van der Waals surface area contributed by atoms with Crippen LogP contribution in [0.25, 0.3) is 11.4 Å². The van der Waals surface area contributed by atoms with Crippen LogP contribution in [0.5, 0.6) is 0 Å². The van der Waals surface area contributed by atoms with E-state index >= 15 is 0 Å². The summed E-state index contributed by atoms with van der Waals surface area (Å²) in [4.78, 5) is 0. The summed E-state index contributed by atoms with van der Waals surface area (Å²) in [5, 5.41) is 12.8. The molecule has 6 heteroatoms. The summed E-state index contributed by atoms with van der Waals surface area (Å²) < 4.78 is 1.93. The lowest BCUT2D eigenvalue weighted by molar-refractivity contribution is 0.246. The predicted molar refractivity (Wildman–Crippen MR) is 84.0 cm³/mol. The minimum absolute atomic E-state index is 0.354. The molecular weight excluding hydrogens is 286 g/mol. The van der Waals surface area contributed by atoms with Crippen molar-refractivity contribution in [3.63, 3.8) is 0 Å². The Labute approximate surface area is 129 Å². The lowest BCUT2D eigenvalue weighted by Crippen LogP contribution is -2.21. The highest BCUT2D eigenvalue weighted by Gasteiger charge is 2.26. The third-order valence-corrected chi connectivity index (χ3v) is 4.79. The van der Waals surface area contributed by atoms with Gasteiger partial charge in [-0.3, -0.25) is 0 Å².